The van der Waals surface area contributed by atoms with Crippen LogP contribution >= 0.6 is 15.9 Å². The molecule has 1 aromatic carbocycles. The van der Waals surface area contributed by atoms with Crippen molar-refractivity contribution in [2.45, 2.75) is 36.7 Å². The normalized spacial score (nSPS) is 21.4. The van der Waals surface area contributed by atoms with Gasteiger partial charge in [0, 0.05) is 36.7 Å². The van der Waals surface area contributed by atoms with Gasteiger partial charge in [0.2, 0.25) is 15.9 Å². The van der Waals surface area contributed by atoms with Crippen LogP contribution in [-0.2, 0) is 14.8 Å². The first kappa shape index (κ1) is 17.8. The van der Waals surface area contributed by atoms with Gasteiger partial charge in [-0.15, -0.1) is 0 Å². The Hall–Kier alpha value is -0.960. The topological polar surface area (TPSA) is 69.7 Å². The molecule has 1 saturated heterocycles. The summed E-state index contributed by atoms with van der Waals surface area (Å²) in [7, 11) is -3.47. The maximum atomic E-state index is 12.7. The lowest BCUT2D eigenvalue weighted by molar-refractivity contribution is -0.126. The molecule has 0 spiro atoms. The van der Waals surface area contributed by atoms with E-state index >= 15 is 0 Å². The molecule has 1 amide bonds. The van der Waals surface area contributed by atoms with E-state index in [1.54, 1.807) is 24.3 Å². The number of rotatable bonds is 5. The minimum Gasteiger partial charge on any atom is -0.352 e. The average molecular weight is 416 g/mol. The van der Waals surface area contributed by atoms with E-state index in [1.165, 1.54) is 4.31 Å². The lowest BCUT2D eigenvalue weighted by atomic mass is 10.2. The molecular formula is C16H22BrN3O3S. The van der Waals surface area contributed by atoms with Crippen molar-refractivity contribution in [2.24, 2.45) is 0 Å². The van der Waals surface area contributed by atoms with Gasteiger partial charge in [-0.2, -0.15) is 4.31 Å². The predicted molar refractivity (Wildman–Crippen MR) is 95.1 cm³/mol. The SMILES string of the molecule is CC(C(=O)NC1CC1)N1CCN(S(=O)(=O)c2ccc(Br)cc2)CC1. The van der Waals surface area contributed by atoms with Gasteiger partial charge in [0.25, 0.3) is 0 Å². The summed E-state index contributed by atoms with van der Waals surface area (Å²) in [5.74, 6) is 0.0433. The smallest absolute Gasteiger partial charge is 0.243 e. The Morgan fingerprint density at radius 2 is 1.75 bits per heavy atom. The minimum absolute atomic E-state index is 0.0433. The van der Waals surface area contributed by atoms with Gasteiger partial charge in [0.15, 0.2) is 0 Å². The third-order valence-electron chi connectivity index (χ3n) is 4.58. The van der Waals surface area contributed by atoms with Crippen LogP contribution in [0.4, 0.5) is 0 Å². The number of carbonyl (C=O) groups excluding carboxylic acids is 1. The van der Waals surface area contributed by atoms with E-state index in [0.29, 0.717) is 37.1 Å². The number of benzene rings is 1. The Labute approximate surface area is 151 Å². The van der Waals surface area contributed by atoms with Crippen molar-refractivity contribution in [3.05, 3.63) is 28.7 Å². The number of hydrogen-bond acceptors (Lipinski definition) is 4. The maximum Gasteiger partial charge on any atom is 0.243 e. The van der Waals surface area contributed by atoms with Crippen LogP contribution in [0, 0.1) is 0 Å². The van der Waals surface area contributed by atoms with Crippen molar-refractivity contribution >= 4 is 31.9 Å². The van der Waals surface area contributed by atoms with Crippen LogP contribution in [0.25, 0.3) is 0 Å². The third-order valence-corrected chi connectivity index (χ3v) is 7.02. The molecule has 24 heavy (non-hydrogen) atoms. The number of nitrogens with one attached hydrogen (secondary N) is 1. The fourth-order valence-corrected chi connectivity index (χ4v) is 4.49. The molecule has 2 fully saturated rings. The molecule has 1 aliphatic carbocycles. The molecule has 1 unspecified atom stereocenters. The average Bonchev–Trinajstić information content (AvgIpc) is 3.38. The number of halogens is 1. The first-order chi connectivity index (χ1) is 11.4. The monoisotopic (exact) mass is 415 g/mol. The molecule has 3 rings (SSSR count). The van der Waals surface area contributed by atoms with Gasteiger partial charge >= 0.3 is 0 Å². The number of nitrogens with zero attached hydrogens (tertiary/aromatic N) is 2. The van der Waals surface area contributed by atoms with Crippen LogP contribution in [0.5, 0.6) is 0 Å². The summed E-state index contributed by atoms with van der Waals surface area (Å²) >= 11 is 3.31. The van der Waals surface area contributed by atoms with Gasteiger partial charge in [0.1, 0.15) is 0 Å². The van der Waals surface area contributed by atoms with E-state index in [2.05, 4.69) is 21.2 Å². The summed E-state index contributed by atoms with van der Waals surface area (Å²) in [6.07, 6.45) is 2.13. The minimum atomic E-state index is -3.47. The van der Waals surface area contributed by atoms with Crippen molar-refractivity contribution in [1.82, 2.24) is 14.5 Å². The van der Waals surface area contributed by atoms with Crippen molar-refractivity contribution in [2.75, 3.05) is 26.2 Å². The van der Waals surface area contributed by atoms with E-state index in [9.17, 15) is 13.2 Å². The molecule has 1 N–H and O–H groups in total. The first-order valence-electron chi connectivity index (χ1n) is 8.18. The van der Waals surface area contributed by atoms with Crippen molar-refractivity contribution in [1.29, 1.82) is 0 Å². The molecule has 1 saturated carbocycles. The van der Waals surface area contributed by atoms with Crippen molar-refractivity contribution < 1.29 is 13.2 Å². The van der Waals surface area contributed by atoms with Crippen molar-refractivity contribution in [3.63, 3.8) is 0 Å². The highest BCUT2D eigenvalue weighted by atomic mass is 79.9. The Morgan fingerprint density at radius 3 is 2.29 bits per heavy atom. The van der Waals surface area contributed by atoms with Crippen LogP contribution in [0.1, 0.15) is 19.8 Å². The summed E-state index contributed by atoms with van der Waals surface area (Å²) in [6.45, 7) is 3.82. The molecule has 0 bridgehead atoms. The zero-order valence-corrected chi connectivity index (χ0v) is 16.0. The molecule has 1 atom stereocenters. The molecule has 1 aromatic rings. The number of hydrogen-bond donors (Lipinski definition) is 1. The number of piperazine rings is 1. The zero-order chi connectivity index (χ0) is 17.3. The molecule has 0 radical (unpaired) electrons. The zero-order valence-electron chi connectivity index (χ0n) is 13.6. The van der Waals surface area contributed by atoms with Gasteiger partial charge < -0.3 is 5.32 Å². The Morgan fingerprint density at radius 1 is 1.17 bits per heavy atom. The second kappa shape index (κ2) is 7.11. The molecule has 2 aliphatic rings. The third kappa shape index (κ3) is 3.99. The van der Waals surface area contributed by atoms with Crippen LogP contribution in [0.3, 0.4) is 0 Å². The maximum absolute atomic E-state index is 12.7. The first-order valence-corrected chi connectivity index (χ1v) is 10.4. The van der Waals surface area contributed by atoms with E-state index in [0.717, 1.165) is 17.3 Å². The second-order valence-electron chi connectivity index (χ2n) is 6.35. The van der Waals surface area contributed by atoms with E-state index in [4.69, 9.17) is 0 Å². The van der Waals surface area contributed by atoms with Crippen LogP contribution in [0.2, 0.25) is 0 Å². The van der Waals surface area contributed by atoms with Gasteiger partial charge in [-0.05, 0) is 44.0 Å². The second-order valence-corrected chi connectivity index (χ2v) is 9.21. The Balaban J connectivity index is 1.59. The summed E-state index contributed by atoms with van der Waals surface area (Å²) in [5.41, 5.74) is 0. The highest BCUT2D eigenvalue weighted by molar-refractivity contribution is 9.10. The largest absolute Gasteiger partial charge is 0.352 e. The van der Waals surface area contributed by atoms with Gasteiger partial charge in [-0.3, -0.25) is 9.69 Å². The Kier molecular flexibility index (Phi) is 5.29. The van der Waals surface area contributed by atoms with Gasteiger partial charge in [-0.25, -0.2) is 8.42 Å². The Bertz CT molecular complexity index is 696. The summed E-state index contributed by atoms with van der Waals surface area (Å²) in [5, 5.41) is 3.01. The molecule has 8 heteroatoms. The lowest BCUT2D eigenvalue weighted by Crippen LogP contribution is -2.55. The van der Waals surface area contributed by atoms with Crippen LogP contribution in [-0.4, -0.2) is 61.8 Å². The fraction of sp³-hybridized carbons (Fsp3) is 0.562. The van der Waals surface area contributed by atoms with Gasteiger partial charge in [-0.1, -0.05) is 15.9 Å². The van der Waals surface area contributed by atoms with E-state index in [-0.39, 0.29) is 11.9 Å². The number of carbonyl (C=O) groups is 1. The molecule has 1 aliphatic heterocycles. The summed E-state index contributed by atoms with van der Waals surface area (Å²) in [6, 6.07) is 6.80. The highest BCUT2D eigenvalue weighted by Crippen LogP contribution is 2.21. The van der Waals surface area contributed by atoms with E-state index in [1.807, 2.05) is 11.8 Å². The van der Waals surface area contributed by atoms with Crippen LogP contribution in [0.15, 0.2) is 33.6 Å². The quantitative estimate of drug-likeness (QED) is 0.789. The predicted octanol–water partition coefficient (Wildman–Crippen LogP) is 1.42. The van der Waals surface area contributed by atoms with Gasteiger partial charge in [0.05, 0.1) is 10.9 Å². The van der Waals surface area contributed by atoms with E-state index < -0.39 is 10.0 Å². The molecule has 6 nitrogen and oxygen atoms in total. The standard InChI is InChI=1S/C16H22BrN3O3S/c1-12(16(21)18-14-4-5-14)19-8-10-20(11-9-19)24(22,23)15-6-2-13(17)3-7-15/h2-3,6-7,12,14H,4-5,8-11H2,1H3,(H,18,21). The van der Waals surface area contributed by atoms with Crippen LogP contribution < -0.4 is 5.32 Å². The molecule has 0 aromatic heterocycles. The fourth-order valence-electron chi connectivity index (χ4n) is 2.80. The summed E-state index contributed by atoms with van der Waals surface area (Å²) < 4.78 is 27.7. The summed E-state index contributed by atoms with van der Waals surface area (Å²) in [4.78, 5) is 14.5. The lowest BCUT2D eigenvalue weighted by Gasteiger charge is -2.36. The van der Waals surface area contributed by atoms with Crippen molar-refractivity contribution in [3.8, 4) is 0 Å². The number of amides is 1. The number of sulfonamides is 1. The molecule has 1 heterocycles. The molecular weight excluding hydrogens is 394 g/mol. The molecule has 132 valence electrons. The highest BCUT2D eigenvalue weighted by Gasteiger charge is 2.33.